The van der Waals surface area contributed by atoms with Crippen LogP contribution in [0, 0.1) is 5.92 Å². The molecular formula is C27H34N10O2. The van der Waals surface area contributed by atoms with Crippen LogP contribution in [-0.2, 0) is 4.79 Å². The third kappa shape index (κ3) is 5.90. The molecule has 0 unspecified atom stereocenters. The fourth-order valence-electron chi connectivity index (χ4n) is 4.99. The van der Waals surface area contributed by atoms with E-state index in [4.69, 9.17) is 5.73 Å². The van der Waals surface area contributed by atoms with Gasteiger partial charge in [0.15, 0.2) is 5.82 Å². The van der Waals surface area contributed by atoms with Gasteiger partial charge in [-0.25, -0.2) is 9.98 Å². The molecule has 204 valence electrons. The van der Waals surface area contributed by atoms with Crippen molar-refractivity contribution in [2.45, 2.75) is 32.6 Å². The van der Waals surface area contributed by atoms with Crippen molar-refractivity contribution in [1.29, 1.82) is 0 Å². The molecule has 2 amide bonds. The number of rotatable bonds is 7. The van der Waals surface area contributed by atoms with E-state index in [1.54, 1.807) is 6.20 Å². The fourth-order valence-corrected chi connectivity index (χ4v) is 4.99. The number of piperidine rings is 1. The molecule has 5 rings (SSSR count). The third-order valence-electron chi connectivity index (χ3n) is 7.22. The number of carbonyl (C=O) groups is 2. The van der Waals surface area contributed by atoms with E-state index in [0.29, 0.717) is 34.8 Å². The highest BCUT2D eigenvalue weighted by Gasteiger charge is 2.25. The molecule has 0 bridgehead atoms. The summed E-state index contributed by atoms with van der Waals surface area (Å²) in [6.45, 7) is 4.71. The predicted octanol–water partition coefficient (Wildman–Crippen LogP) is 1.62. The van der Waals surface area contributed by atoms with Gasteiger partial charge in [0, 0.05) is 38.1 Å². The molecule has 0 saturated carbocycles. The fraction of sp³-hybridized carbons (Fsp3) is 0.407. The number of primary amides is 1. The second-order valence-corrected chi connectivity index (χ2v) is 10.2. The Labute approximate surface area is 226 Å². The number of hydrazone groups is 1. The number of fused-ring (bicyclic) bond motifs is 1. The summed E-state index contributed by atoms with van der Waals surface area (Å²) in [5, 5.41) is 7.51. The van der Waals surface area contributed by atoms with Crippen LogP contribution in [0.5, 0.6) is 0 Å². The second kappa shape index (κ2) is 11.2. The third-order valence-corrected chi connectivity index (χ3v) is 7.22. The van der Waals surface area contributed by atoms with E-state index in [1.807, 2.05) is 25.5 Å². The molecule has 2 aromatic heterocycles. The lowest BCUT2D eigenvalue weighted by atomic mass is 9.96. The van der Waals surface area contributed by atoms with Crippen LogP contribution in [0.1, 0.15) is 48.8 Å². The zero-order valence-electron chi connectivity index (χ0n) is 22.5. The molecule has 0 aliphatic carbocycles. The Kier molecular flexibility index (Phi) is 7.55. The van der Waals surface area contributed by atoms with Gasteiger partial charge >= 0.3 is 0 Å². The van der Waals surface area contributed by atoms with E-state index in [0.717, 1.165) is 55.7 Å². The molecule has 39 heavy (non-hydrogen) atoms. The van der Waals surface area contributed by atoms with E-state index < -0.39 is 5.91 Å². The van der Waals surface area contributed by atoms with Gasteiger partial charge in [0.2, 0.25) is 5.91 Å². The van der Waals surface area contributed by atoms with Crippen LogP contribution in [-0.4, -0.2) is 81.8 Å². The minimum atomic E-state index is -0.584. The molecule has 12 nitrogen and oxygen atoms in total. The highest BCUT2D eigenvalue weighted by molar-refractivity contribution is 6.15. The number of aliphatic imine (C=N–C) groups is 1. The normalized spacial score (nSPS) is 20.1. The molecule has 5 N–H and O–H groups in total. The molecule has 12 heteroatoms. The van der Waals surface area contributed by atoms with Crippen LogP contribution in [0.15, 0.2) is 57.8 Å². The van der Waals surface area contributed by atoms with Crippen LogP contribution in [0.3, 0.4) is 0 Å². The van der Waals surface area contributed by atoms with Crippen molar-refractivity contribution in [2.24, 2.45) is 21.7 Å². The first-order chi connectivity index (χ1) is 18.8. The molecule has 1 saturated heterocycles. The smallest absolute Gasteiger partial charge is 0.252 e. The first-order valence-corrected chi connectivity index (χ1v) is 13.1. The van der Waals surface area contributed by atoms with Crippen molar-refractivity contribution in [3.63, 3.8) is 0 Å². The summed E-state index contributed by atoms with van der Waals surface area (Å²) in [5.74, 6) is 0.767. The van der Waals surface area contributed by atoms with Gasteiger partial charge in [0.25, 0.3) is 5.91 Å². The number of amides is 2. The summed E-state index contributed by atoms with van der Waals surface area (Å²) < 4.78 is 0. The van der Waals surface area contributed by atoms with Gasteiger partial charge in [0.1, 0.15) is 17.1 Å². The number of H-pyrrole nitrogens is 1. The maximum Gasteiger partial charge on any atom is 0.252 e. The molecule has 0 atom stereocenters. The number of hydrogen-bond acceptors (Lipinski definition) is 8. The van der Waals surface area contributed by atoms with E-state index in [-0.39, 0.29) is 17.4 Å². The highest BCUT2D eigenvalue weighted by atomic mass is 16.2. The number of allylic oxidation sites excluding steroid dienone is 1. The molecule has 1 fully saturated rings. The number of nitrogens with one attached hydrogen (secondary N) is 3. The average molecular weight is 531 g/mol. The number of nitrogens with two attached hydrogens (primary N) is 1. The molecule has 2 aromatic rings. The lowest BCUT2D eigenvalue weighted by Gasteiger charge is -2.29. The number of pyridine rings is 1. The van der Waals surface area contributed by atoms with Crippen LogP contribution in [0.25, 0.3) is 11.0 Å². The largest absolute Gasteiger partial charge is 0.374 e. The summed E-state index contributed by atoms with van der Waals surface area (Å²) in [7, 11) is 4.09. The molecule has 0 spiro atoms. The van der Waals surface area contributed by atoms with Gasteiger partial charge in [0.05, 0.1) is 29.4 Å². The van der Waals surface area contributed by atoms with E-state index in [9.17, 15) is 9.59 Å². The Balaban J connectivity index is 1.27. The lowest BCUT2D eigenvalue weighted by molar-refractivity contribution is -0.125. The molecule has 3 aliphatic rings. The summed E-state index contributed by atoms with van der Waals surface area (Å²) in [4.78, 5) is 45.3. The van der Waals surface area contributed by atoms with Crippen molar-refractivity contribution in [3.8, 4) is 0 Å². The summed E-state index contributed by atoms with van der Waals surface area (Å²) in [6.07, 6.45) is 11.9. The van der Waals surface area contributed by atoms with Gasteiger partial charge < -0.3 is 25.8 Å². The number of nitrogens with zero attached hydrogens (tertiary/aromatic N) is 6. The molecule has 0 radical (unpaired) electrons. The standard InChI is InChI=1S/C27H34N10O2/c1-4-16(18-9-19(15-37(3)14-18)31-27(39)17-5-7-36(2)8-6-17)11-30-23-10-21(34-35-23)26-32-22-13-29-12-20(25(28)38)24(22)33-26/h9,11-13,15,17H,4-8,10,14H2,1-3H3,(H2,28,38)(H,30,35)(H,31,39)(H,32,33)/b16-11+. The predicted molar refractivity (Wildman–Crippen MR) is 150 cm³/mol. The van der Waals surface area contributed by atoms with E-state index in [1.165, 1.54) is 6.20 Å². The Morgan fingerprint density at radius 3 is 2.79 bits per heavy atom. The molecular weight excluding hydrogens is 496 g/mol. The van der Waals surface area contributed by atoms with Crippen molar-refractivity contribution in [1.82, 2.24) is 35.5 Å². The summed E-state index contributed by atoms with van der Waals surface area (Å²) in [5.41, 5.74) is 13.4. The monoisotopic (exact) mass is 530 g/mol. The van der Waals surface area contributed by atoms with Gasteiger partial charge in [-0.05, 0) is 56.6 Å². The number of carbonyl (C=O) groups excluding carboxylic acids is 2. The van der Waals surface area contributed by atoms with Crippen LogP contribution >= 0.6 is 0 Å². The van der Waals surface area contributed by atoms with Crippen LogP contribution in [0.2, 0.25) is 0 Å². The average Bonchev–Trinajstić information content (AvgIpc) is 3.56. The maximum atomic E-state index is 12.9. The number of aromatic amines is 1. The van der Waals surface area contributed by atoms with E-state index >= 15 is 0 Å². The number of likely N-dealkylation sites (N-methyl/N-ethyl adjacent to an activating group) is 1. The number of aromatic nitrogens is 3. The van der Waals surface area contributed by atoms with E-state index in [2.05, 4.69) is 59.6 Å². The van der Waals surface area contributed by atoms with Crippen molar-refractivity contribution in [2.75, 3.05) is 33.7 Å². The summed E-state index contributed by atoms with van der Waals surface area (Å²) in [6, 6.07) is 0. The van der Waals surface area contributed by atoms with Gasteiger partial charge in [-0.1, -0.05) is 6.92 Å². The second-order valence-electron chi connectivity index (χ2n) is 10.2. The number of hydrogen-bond donors (Lipinski definition) is 4. The van der Waals surface area contributed by atoms with Crippen molar-refractivity contribution < 1.29 is 9.59 Å². The Bertz CT molecular complexity index is 1440. The first kappa shape index (κ1) is 26.3. The number of likely N-dealkylation sites (tertiary alicyclic amines) is 1. The topological polar surface area (TPSA) is 157 Å². The number of imidazole rings is 1. The zero-order valence-corrected chi connectivity index (χ0v) is 22.5. The first-order valence-electron chi connectivity index (χ1n) is 13.1. The van der Waals surface area contributed by atoms with Crippen molar-refractivity contribution in [3.05, 3.63) is 59.1 Å². The molecule has 3 aliphatic heterocycles. The Hall–Kier alpha value is -4.32. The lowest BCUT2D eigenvalue weighted by Crippen LogP contribution is -2.39. The molecule has 0 aromatic carbocycles. The highest BCUT2D eigenvalue weighted by Crippen LogP contribution is 2.23. The molecule has 5 heterocycles. The van der Waals surface area contributed by atoms with Gasteiger partial charge in [-0.15, -0.1) is 0 Å². The van der Waals surface area contributed by atoms with Crippen LogP contribution < -0.4 is 16.5 Å². The number of amidine groups is 1. The minimum Gasteiger partial charge on any atom is -0.374 e. The SMILES string of the molecule is CC/C(=C\N=C1CC(c2nc3c(C(N)=O)cncc3[nH]2)=NN1)C1=CC(NC(=O)C2CCN(C)CC2)=CN(C)C1. The Morgan fingerprint density at radius 1 is 1.26 bits per heavy atom. The quantitative estimate of drug-likeness (QED) is 0.424. The Morgan fingerprint density at radius 2 is 2.05 bits per heavy atom. The van der Waals surface area contributed by atoms with Gasteiger partial charge in [-0.2, -0.15) is 5.10 Å². The summed E-state index contributed by atoms with van der Waals surface area (Å²) >= 11 is 0. The van der Waals surface area contributed by atoms with Gasteiger partial charge in [-0.3, -0.25) is 20.0 Å². The maximum absolute atomic E-state index is 12.9. The zero-order chi connectivity index (χ0) is 27.5. The van der Waals surface area contributed by atoms with Crippen molar-refractivity contribution >= 4 is 34.4 Å². The minimum absolute atomic E-state index is 0.0480. The van der Waals surface area contributed by atoms with Crippen LogP contribution in [0.4, 0.5) is 0 Å².